The van der Waals surface area contributed by atoms with Crippen LogP contribution in [0.25, 0.3) is 6.08 Å². The monoisotopic (exact) mass is 519 g/mol. The number of hydrogen-bond acceptors (Lipinski definition) is 1. The zero-order valence-corrected chi connectivity index (χ0v) is 21.4. The maximum Gasteiger partial charge on any atom is -1.00 e. The van der Waals surface area contributed by atoms with Crippen molar-refractivity contribution in [2.45, 2.75) is 26.2 Å². The van der Waals surface area contributed by atoms with Crippen LogP contribution in [-0.2, 0) is 24.7 Å². The second-order valence-corrected chi connectivity index (χ2v) is 10.6. The Kier molecular flexibility index (Phi) is 8.93. The minimum Gasteiger partial charge on any atom is -1.00 e. The van der Waals surface area contributed by atoms with Crippen LogP contribution in [0.4, 0.5) is 0 Å². The van der Waals surface area contributed by atoms with E-state index in [1.54, 1.807) is 8.57 Å². The molecule has 1 aliphatic heterocycles. The van der Waals surface area contributed by atoms with E-state index in [0.29, 0.717) is 5.92 Å². The van der Waals surface area contributed by atoms with Gasteiger partial charge in [0.2, 0.25) is 0 Å². The van der Waals surface area contributed by atoms with Crippen LogP contribution < -0.4 is 24.8 Å². The van der Waals surface area contributed by atoms with Crippen LogP contribution in [0.1, 0.15) is 40.1 Å². The number of aryl methyl sites for hydroxylation is 1. The van der Waals surface area contributed by atoms with Crippen molar-refractivity contribution in [3.8, 4) is 0 Å². The van der Waals surface area contributed by atoms with E-state index in [1.165, 1.54) is 71.1 Å². The van der Waals surface area contributed by atoms with Crippen molar-refractivity contribution < 1.29 is 49.5 Å². The third-order valence-electron chi connectivity index (χ3n) is 4.75. The van der Waals surface area contributed by atoms with Crippen molar-refractivity contribution in [3.05, 3.63) is 95.8 Å². The van der Waals surface area contributed by atoms with Gasteiger partial charge in [-0.1, -0.05) is 27.3 Å². The quantitative estimate of drug-likeness (QED) is 0.518. The Bertz CT molecular complexity index is 1010. The van der Waals surface area contributed by atoms with Crippen LogP contribution in [0.2, 0.25) is 0 Å². The molecule has 0 N–H and O–H groups in total. The zero-order chi connectivity index (χ0) is 18.1. The summed E-state index contributed by atoms with van der Waals surface area (Å²) in [7, 11) is 1.43. The molecule has 0 bridgehead atoms. The molecule has 0 amide bonds. The van der Waals surface area contributed by atoms with Crippen molar-refractivity contribution in [1.82, 2.24) is 0 Å². The molecule has 5 heteroatoms. The van der Waals surface area contributed by atoms with Gasteiger partial charge < -0.3 is 24.8 Å². The molecule has 1 aromatic heterocycles. The molecule has 141 valence electrons. The van der Waals surface area contributed by atoms with Crippen molar-refractivity contribution in [3.63, 3.8) is 0 Å². The van der Waals surface area contributed by atoms with Crippen LogP contribution in [0.15, 0.2) is 74.9 Å². The number of halogens is 2. The maximum absolute atomic E-state index is 2.35. The fourth-order valence-corrected chi connectivity index (χ4v) is 6.95. The van der Waals surface area contributed by atoms with E-state index < -0.39 is 0 Å². The average Bonchev–Trinajstić information content (AvgIpc) is 3.37. The van der Waals surface area contributed by atoms with Gasteiger partial charge in [-0.05, 0) is 29.4 Å². The Balaban J connectivity index is 0.000000204. The first-order chi connectivity index (χ1) is 12.7. The molecule has 0 spiro atoms. The summed E-state index contributed by atoms with van der Waals surface area (Å²) in [5, 5.41) is 3.03. The third-order valence-corrected chi connectivity index (χ3v) is 8.26. The molecule has 2 aromatic rings. The largest absolute Gasteiger partial charge is 1.00 e. The van der Waals surface area contributed by atoms with Gasteiger partial charge in [-0.3, -0.25) is 0 Å². The SMILES string of the molecule is CCC1=PC2=CC=CC2=C1.Cc1ccc(C2[C]([Zr+2])=Cc3ccccc32)s1.[Cl-].[Cl-]. The molecule has 1 atom stereocenters. The number of fused-ring (bicyclic) bond motifs is 2. The second-order valence-electron chi connectivity index (χ2n) is 6.58. The minimum atomic E-state index is 0. The number of rotatable bonds is 2. The van der Waals surface area contributed by atoms with E-state index in [4.69, 9.17) is 0 Å². The zero-order valence-electron chi connectivity index (χ0n) is 15.7. The van der Waals surface area contributed by atoms with Gasteiger partial charge in [0, 0.05) is 5.31 Å². The average molecular weight is 522 g/mol. The van der Waals surface area contributed by atoms with Gasteiger partial charge in [-0.15, -0.1) is 0 Å². The predicted molar refractivity (Wildman–Crippen MR) is 113 cm³/mol. The standard InChI is InChI=1S/C14H11S.C9H9P.2ClH.Zr/c1-10-6-9-14(15-10)13-8-7-11-4-2-3-5-12(11)13;1-2-8-6-7-4-3-5-9(7)10-8;;;/h2-7,9,13H,1H3;3-6H,2H2,1H3;2*1H;/q;;;;+2/p-2. The van der Waals surface area contributed by atoms with Crippen molar-refractivity contribution >= 4 is 30.9 Å². The number of benzene rings is 1. The van der Waals surface area contributed by atoms with Crippen molar-refractivity contribution in [2.75, 3.05) is 0 Å². The molecule has 0 saturated carbocycles. The number of allylic oxidation sites excluding steroid dienone is 7. The molecule has 28 heavy (non-hydrogen) atoms. The van der Waals surface area contributed by atoms with Gasteiger partial charge in [-0.2, -0.15) is 0 Å². The number of hydrogen-bond donors (Lipinski definition) is 0. The summed E-state index contributed by atoms with van der Waals surface area (Å²) in [6.07, 6.45) is 12.4. The molecule has 1 aromatic carbocycles. The summed E-state index contributed by atoms with van der Waals surface area (Å²) in [4.78, 5) is 2.90. The van der Waals surface area contributed by atoms with Crippen LogP contribution in [0.3, 0.4) is 0 Å². The molecular weight excluding hydrogens is 501 g/mol. The van der Waals surface area contributed by atoms with E-state index in [1.807, 2.05) is 11.3 Å². The Morgan fingerprint density at radius 3 is 2.54 bits per heavy atom. The van der Waals surface area contributed by atoms with E-state index in [9.17, 15) is 0 Å². The van der Waals surface area contributed by atoms with E-state index >= 15 is 0 Å². The molecule has 3 aliphatic rings. The normalized spacial score (nSPS) is 18.4. The van der Waals surface area contributed by atoms with Gasteiger partial charge in [-0.25, -0.2) is 0 Å². The summed E-state index contributed by atoms with van der Waals surface area (Å²) in [5.41, 5.74) is 4.32. The first kappa shape index (κ1) is 23.8. The first-order valence-electron chi connectivity index (χ1n) is 8.92. The molecule has 1 unspecified atom stereocenters. The summed E-state index contributed by atoms with van der Waals surface area (Å²) >= 11 is 3.46. The third kappa shape index (κ3) is 4.97. The van der Waals surface area contributed by atoms with Gasteiger partial charge in [0.25, 0.3) is 0 Å². The van der Waals surface area contributed by atoms with E-state index in [0.717, 1.165) is 0 Å². The first-order valence-corrected chi connectivity index (χ1v) is 11.9. The summed E-state index contributed by atoms with van der Waals surface area (Å²) in [5.74, 6) is 0.535. The van der Waals surface area contributed by atoms with Crippen LogP contribution in [0.5, 0.6) is 0 Å². The molecule has 5 rings (SSSR count). The topological polar surface area (TPSA) is 0 Å². The molecule has 0 fully saturated rings. The summed E-state index contributed by atoms with van der Waals surface area (Å²) in [6.45, 7) is 4.40. The molecule has 0 saturated heterocycles. The van der Waals surface area contributed by atoms with Crippen LogP contribution >= 0.6 is 19.5 Å². The maximum atomic E-state index is 2.35. The predicted octanol–water partition coefficient (Wildman–Crippen LogP) is 1.01. The van der Waals surface area contributed by atoms with Crippen LogP contribution in [0, 0.1) is 6.92 Å². The molecule has 2 heterocycles. The Hall–Kier alpha value is -0.487. The van der Waals surface area contributed by atoms with Crippen LogP contribution in [-0.4, -0.2) is 5.29 Å². The number of thiophene rings is 1. The molecular formula is C23H20Cl2PSZr. The molecule has 2 aliphatic carbocycles. The van der Waals surface area contributed by atoms with Gasteiger partial charge in [0.1, 0.15) is 0 Å². The van der Waals surface area contributed by atoms with E-state index in [-0.39, 0.29) is 24.8 Å². The fraction of sp³-hybridized carbons (Fsp3) is 0.174. The Morgan fingerprint density at radius 1 is 1.07 bits per heavy atom. The van der Waals surface area contributed by atoms with Gasteiger partial charge >= 0.3 is 116 Å². The molecule has 0 radical (unpaired) electrons. The fourth-order valence-electron chi connectivity index (χ4n) is 3.43. The van der Waals surface area contributed by atoms with Gasteiger partial charge in [0.15, 0.2) is 0 Å². The second kappa shape index (κ2) is 10.5. The summed E-state index contributed by atoms with van der Waals surface area (Å²) in [6, 6.07) is 13.3. The smallest absolute Gasteiger partial charge is 1.00 e. The van der Waals surface area contributed by atoms with E-state index in [2.05, 4.69) is 80.6 Å². The Morgan fingerprint density at radius 2 is 1.86 bits per heavy atom. The van der Waals surface area contributed by atoms with Crippen molar-refractivity contribution in [2.24, 2.45) is 0 Å². The van der Waals surface area contributed by atoms with Gasteiger partial charge in [0.05, 0.1) is 0 Å². The minimum absolute atomic E-state index is 0. The molecule has 0 nitrogen and oxygen atoms in total. The summed E-state index contributed by atoms with van der Waals surface area (Å²) < 4.78 is 1.55. The van der Waals surface area contributed by atoms with Crippen molar-refractivity contribution in [1.29, 1.82) is 0 Å². The Labute approximate surface area is 201 Å².